The van der Waals surface area contributed by atoms with Crippen LogP contribution in [0.1, 0.15) is 61.6 Å². The number of hydrogen-bond acceptors (Lipinski definition) is 4. The van der Waals surface area contributed by atoms with Gasteiger partial charge < -0.3 is 18.8 Å². The number of carbonyl (C=O) groups is 1. The van der Waals surface area contributed by atoms with Crippen molar-refractivity contribution in [2.75, 3.05) is 13.7 Å². The molecule has 2 aromatic carbocycles. The first kappa shape index (κ1) is 26.8. The fourth-order valence-electron chi connectivity index (χ4n) is 6.41. The molecule has 1 aliphatic carbocycles. The summed E-state index contributed by atoms with van der Waals surface area (Å²) in [5.74, 6) is 2.50. The van der Waals surface area contributed by atoms with E-state index in [0.717, 1.165) is 47.1 Å². The van der Waals surface area contributed by atoms with Crippen LogP contribution in [0.3, 0.4) is 0 Å². The lowest BCUT2D eigenvalue weighted by atomic mass is 9.84. The van der Waals surface area contributed by atoms with Crippen LogP contribution in [0.15, 0.2) is 67.3 Å². The lowest BCUT2D eigenvalue weighted by Crippen LogP contribution is -2.44. The summed E-state index contributed by atoms with van der Waals surface area (Å²) in [5.41, 5.74) is 4.45. The van der Waals surface area contributed by atoms with Crippen molar-refractivity contribution in [3.8, 4) is 17.0 Å². The average molecular weight is 549 g/mol. The Morgan fingerprint density at radius 2 is 1.88 bits per heavy atom. The molecule has 3 heterocycles. The van der Waals surface area contributed by atoms with E-state index in [1.807, 2.05) is 53.1 Å². The summed E-state index contributed by atoms with van der Waals surface area (Å²) in [6, 6.07) is 15.5. The largest absolute Gasteiger partial charge is 0.496 e. The van der Waals surface area contributed by atoms with Gasteiger partial charge in [0.25, 0.3) is 0 Å². The Morgan fingerprint density at radius 3 is 2.66 bits per heavy atom. The summed E-state index contributed by atoms with van der Waals surface area (Å²) in [7, 11) is 1.69. The predicted molar refractivity (Wildman–Crippen MR) is 158 cm³/mol. The molecule has 0 saturated heterocycles. The van der Waals surface area contributed by atoms with Gasteiger partial charge in [0.1, 0.15) is 11.6 Å². The van der Waals surface area contributed by atoms with Gasteiger partial charge in [0.05, 0.1) is 38.2 Å². The van der Waals surface area contributed by atoms with Crippen LogP contribution in [0.4, 0.5) is 5.69 Å². The molecule has 0 unspecified atom stereocenters. The minimum atomic E-state index is -0.0552. The number of methoxy groups -OCH3 is 1. The van der Waals surface area contributed by atoms with Crippen molar-refractivity contribution in [1.82, 2.24) is 24.0 Å². The highest BCUT2D eigenvalue weighted by Crippen LogP contribution is 2.39. The molecule has 2 aromatic heterocycles. The highest BCUT2D eigenvalue weighted by molar-refractivity contribution is 5.79. The summed E-state index contributed by atoms with van der Waals surface area (Å²) >= 11 is 0. The number of ether oxygens (including phenoxy) is 1. The van der Waals surface area contributed by atoms with Gasteiger partial charge in [-0.1, -0.05) is 68.5 Å². The van der Waals surface area contributed by atoms with Crippen molar-refractivity contribution in [2.24, 2.45) is 5.92 Å². The SMILES string of the molecule is [C-]#[N+]c1ccc(Cn2cncc2CC(=O)N2CCn3cc(-c4ccccc4OC)nc3[C@@H]2CC2CCCCC2)cc1. The van der Waals surface area contributed by atoms with Crippen molar-refractivity contribution in [2.45, 2.75) is 64.1 Å². The van der Waals surface area contributed by atoms with Gasteiger partial charge in [-0.15, -0.1) is 0 Å². The minimum Gasteiger partial charge on any atom is -0.496 e. The van der Waals surface area contributed by atoms with Gasteiger partial charge in [-0.25, -0.2) is 14.8 Å². The van der Waals surface area contributed by atoms with Crippen molar-refractivity contribution >= 4 is 11.6 Å². The van der Waals surface area contributed by atoms with Crippen LogP contribution in [0.5, 0.6) is 5.75 Å². The topological polar surface area (TPSA) is 69.5 Å². The monoisotopic (exact) mass is 548 g/mol. The molecular formula is C33H36N6O2. The van der Waals surface area contributed by atoms with Crippen LogP contribution >= 0.6 is 0 Å². The van der Waals surface area contributed by atoms with Gasteiger partial charge >= 0.3 is 0 Å². The van der Waals surface area contributed by atoms with Crippen LogP contribution in [0, 0.1) is 12.5 Å². The van der Waals surface area contributed by atoms with E-state index in [2.05, 4.69) is 25.5 Å². The molecule has 1 aliphatic heterocycles. The van der Waals surface area contributed by atoms with E-state index >= 15 is 0 Å². The Labute approximate surface area is 241 Å². The number of para-hydroxylation sites is 1. The third kappa shape index (κ3) is 5.76. The third-order valence-corrected chi connectivity index (χ3v) is 8.60. The number of rotatable bonds is 8. The van der Waals surface area contributed by atoms with Gasteiger partial charge in [-0.2, -0.15) is 0 Å². The maximum Gasteiger partial charge on any atom is 0.229 e. The first-order valence-electron chi connectivity index (χ1n) is 14.6. The average Bonchev–Trinajstić information content (AvgIpc) is 3.65. The Kier molecular flexibility index (Phi) is 7.86. The fraction of sp³-hybridized carbons (Fsp3) is 0.394. The normalized spacial score (nSPS) is 17.2. The van der Waals surface area contributed by atoms with E-state index in [9.17, 15) is 4.79 Å². The number of carbonyl (C=O) groups excluding carboxylic acids is 1. The zero-order chi connectivity index (χ0) is 28.2. The molecule has 0 N–H and O–H groups in total. The van der Waals surface area contributed by atoms with Crippen molar-refractivity contribution < 1.29 is 9.53 Å². The van der Waals surface area contributed by atoms with Crippen LogP contribution in [-0.2, 0) is 24.3 Å². The highest BCUT2D eigenvalue weighted by Gasteiger charge is 2.35. The van der Waals surface area contributed by atoms with Crippen molar-refractivity contribution in [1.29, 1.82) is 0 Å². The van der Waals surface area contributed by atoms with E-state index in [1.165, 1.54) is 32.1 Å². The highest BCUT2D eigenvalue weighted by atomic mass is 16.5. The second-order valence-corrected chi connectivity index (χ2v) is 11.2. The number of amides is 1. The summed E-state index contributed by atoms with van der Waals surface area (Å²) in [4.78, 5) is 29.1. The van der Waals surface area contributed by atoms with Gasteiger partial charge in [0, 0.05) is 43.3 Å². The second kappa shape index (κ2) is 12.0. The zero-order valence-electron chi connectivity index (χ0n) is 23.6. The summed E-state index contributed by atoms with van der Waals surface area (Å²) in [5, 5.41) is 0. The van der Waals surface area contributed by atoms with E-state index in [0.29, 0.717) is 31.1 Å². The van der Waals surface area contributed by atoms with Crippen LogP contribution in [0.2, 0.25) is 0 Å². The zero-order valence-corrected chi connectivity index (χ0v) is 23.6. The molecule has 0 radical (unpaired) electrons. The summed E-state index contributed by atoms with van der Waals surface area (Å²) in [6.07, 6.45) is 13.2. The number of nitrogens with zero attached hydrogens (tertiary/aromatic N) is 6. The molecule has 1 saturated carbocycles. The van der Waals surface area contributed by atoms with Gasteiger partial charge in [-0.3, -0.25) is 4.79 Å². The van der Waals surface area contributed by atoms with E-state index in [-0.39, 0.29) is 11.9 Å². The van der Waals surface area contributed by atoms with Crippen LogP contribution in [0.25, 0.3) is 16.1 Å². The Hall–Kier alpha value is -4.38. The molecule has 0 spiro atoms. The minimum absolute atomic E-state index is 0.0552. The predicted octanol–water partition coefficient (Wildman–Crippen LogP) is 6.45. The molecule has 4 aromatic rings. The molecule has 1 fully saturated rings. The number of fused-ring (bicyclic) bond motifs is 1. The van der Waals surface area contributed by atoms with Crippen LogP contribution < -0.4 is 4.74 Å². The molecule has 0 bridgehead atoms. The molecule has 6 rings (SSSR count). The molecule has 2 aliphatic rings. The lowest BCUT2D eigenvalue weighted by molar-refractivity contribution is -0.134. The number of benzene rings is 2. The van der Waals surface area contributed by atoms with E-state index in [1.54, 1.807) is 19.6 Å². The summed E-state index contributed by atoms with van der Waals surface area (Å²) in [6.45, 7) is 9.17. The molecule has 210 valence electrons. The van der Waals surface area contributed by atoms with E-state index < -0.39 is 0 Å². The van der Waals surface area contributed by atoms with Crippen LogP contribution in [-0.4, -0.2) is 43.6 Å². The van der Waals surface area contributed by atoms with Gasteiger partial charge in [0.2, 0.25) is 5.91 Å². The third-order valence-electron chi connectivity index (χ3n) is 8.60. The Bertz CT molecular complexity index is 1540. The fourth-order valence-corrected chi connectivity index (χ4v) is 6.41. The number of aromatic nitrogens is 4. The summed E-state index contributed by atoms with van der Waals surface area (Å²) < 4.78 is 9.91. The first-order chi connectivity index (χ1) is 20.1. The van der Waals surface area contributed by atoms with Gasteiger partial charge in [0.15, 0.2) is 5.69 Å². The van der Waals surface area contributed by atoms with E-state index in [4.69, 9.17) is 16.3 Å². The quantitative estimate of drug-likeness (QED) is 0.237. The van der Waals surface area contributed by atoms with Crippen molar-refractivity contribution in [3.05, 3.63) is 95.8 Å². The molecule has 1 atom stereocenters. The maximum atomic E-state index is 14.0. The first-order valence-corrected chi connectivity index (χ1v) is 14.6. The second-order valence-electron chi connectivity index (χ2n) is 11.2. The smallest absolute Gasteiger partial charge is 0.229 e. The molecule has 8 heteroatoms. The van der Waals surface area contributed by atoms with Crippen molar-refractivity contribution in [3.63, 3.8) is 0 Å². The molecule has 8 nitrogen and oxygen atoms in total. The molecule has 41 heavy (non-hydrogen) atoms. The maximum absolute atomic E-state index is 14.0. The Morgan fingerprint density at radius 1 is 1.07 bits per heavy atom. The number of imidazole rings is 2. The lowest BCUT2D eigenvalue weighted by Gasteiger charge is -2.38. The number of hydrogen-bond donors (Lipinski definition) is 0. The van der Waals surface area contributed by atoms with Gasteiger partial charge in [-0.05, 0) is 30.0 Å². The standard InChI is InChI=1S/C33H36N6O2/c1-34-26-14-12-25(13-15-26)21-38-23-35-20-27(38)19-32(40)39-17-16-37-22-29(28-10-6-7-11-31(28)41-2)36-33(37)30(39)18-24-8-4-3-5-9-24/h6-7,10-15,20,22-24,30H,3-5,8-9,16-19,21H2,2H3/t30-/m0/s1. The molecule has 1 amide bonds. The Balaban J connectivity index is 1.26. The molecular weight excluding hydrogens is 512 g/mol.